The fourth-order valence-corrected chi connectivity index (χ4v) is 2.48. The van der Waals surface area contributed by atoms with Gasteiger partial charge in [-0.15, -0.1) is 0 Å². The highest BCUT2D eigenvalue weighted by molar-refractivity contribution is 7.98. The molecule has 3 heteroatoms. The number of hydrogen-bond acceptors (Lipinski definition) is 3. The lowest BCUT2D eigenvalue weighted by molar-refractivity contribution is 0.466. The third-order valence-electron chi connectivity index (χ3n) is 2.05. The number of hydrogen-bond donors (Lipinski definition) is 1. The Balaban J connectivity index is 3.01. The SMILES string of the molecule is CSCc1cc(C)c(O)c(CSC)c1. The topological polar surface area (TPSA) is 20.2 Å². The van der Waals surface area contributed by atoms with Crippen LogP contribution in [0.15, 0.2) is 12.1 Å². The van der Waals surface area contributed by atoms with Crippen LogP contribution in [-0.2, 0) is 11.5 Å². The van der Waals surface area contributed by atoms with Crippen molar-refractivity contribution >= 4 is 23.5 Å². The van der Waals surface area contributed by atoms with Crippen LogP contribution in [0.3, 0.4) is 0 Å². The van der Waals surface area contributed by atoms with E-state index >= 15 is 0 Å². The van der Waals surface area contributed by atoms with E-state index in [1.54, 1.807) is 11.8 Å². The summed E-state index contributed by atoms with van der Waals surface area (Å²) >= 11 is 3.55. The van der Waals surface area contributed by atoms with Crippen molar-refractivity contribution in [2.24, 2.45) is 0 Å². The first-order valence-electron chi connectivity index (χ1n) is 4.48. The van der Waals surface area contributed by atoms with E-state index in [1.807, 2.05) is 18.7 Å². The molecule has 0 unspecified atom stereocenters. The summed E-state index contributed by atoms with van der Waals surface area (Å²) in [5.74, 6) is 2.36. The molecular weight excluding hydrogens is 212 g/mol. The predicted molar refractivity (Wildman–Crippen MR) is 67.3 cm³/mol. The van der Waals surface area contributed by atoms with E-state index in [-0.39, 0.29) is 0 Å². The van der Waals surface area contributed by atoms with E-state index in [2.05, 4.69) is 24.6 Å². The van der Waals surface area contributed by atoms with Crippen molar-refractivity contribution in [3.63, 3.8) is 0 Å². The molecular formula is C11H16OS2. The van der Waals surface area contributed by atoms with Gasteiger partial charge in [0.1, 0.15) is 5.75 Å². The van der Waals surface area contributed by atoms with Gasteiger partial charge in [0.25, 0.3) is 0 Å². The Hall–Kier alpha value is -0.280. The summed E-state index contributed by atoms with van der Waals surface area (Å²) in [6.07, 6.45) is 4.15. The Morgan fingerprint density at radius 1 is 1.14 bits per heavy atom. The number of aryl methyl sites for hydroxylation is 1. The molecule has 78 valence electrons. The lowest BCUT2D eigenvalue weighted by Gasteiger charge is -2.09. The van der Waals surface area contributed by atoms with Crippen molar-refractivity contribution in [2.45, 2.75) is 18.4 Å². The summed E-state index contributed by atoms with van der Waals surface area (Å²) in [6.45, 7) is 1.96. The van der Waals surface area contributed by atoms with Crippen LogP contribution in [0.2, 0.25) is 0 Å². The molecule has 1 nitrogen and oxygen atoms in total. The number of phenolic OH excluding ortho intramolecular Hbond substituents is 1. The van der Waals surface area contributed by atoms with E-state index in [0.29, 0.717) is 5.75 Å². The molecule has 1 N–H and O–H groups in total. The standard InChI is InChI=1S/C11H16OS2/c1-8-4-9(6-13-2)5-10(7-14-3)11(8)12/h4-5,12H,6-7H2,1-3H3. The molecule has 1 aromatic rings. The smallest absolute Gasteiger partial charge is 0.122 e. The van der Waals surface area contributed by atoms with Gasteiger partial charge in [0.2, 0.25) is 0 Å². The molecule has 0 saturated carbocycles. The number of aromatic hydroxyl groups is 1. The molecule has 0 aliphatic carbocycles. The molecule has 0 aliphatic heterocycles. The van der Waals surface area contributed by atoms with Gasteiger partial charge < -0.3 is 5.11 Å². The maximum atomic E-state index is 9.80. The highest BCUT2D eigenvalue weighted by atomic mass is 32.2. The zero-order chi connectivity index (χ0) is 10.6. The molecule has 1 rings (SSSR count). The molecule has 0 spiro atoms. The second-order valence-corrected chi connectivity index (χ2v) is 5.02. The zero-order valence-electron chi connectivity index (χ0n) is 8.83. The lowest BCUT2D eigenvalue weighted by Crippen LogP contribution is -1.89. The monoisotopic (exact) mass is 228 g/mol. The van der Waals surface area contributed by atoms with Crippen LogP contribution in [0, 0.1) is 6.92 Å². The molecule has 0 aliphatic rings. The van der Waals surface area contributed by atoms with Gasteiger partial charge in [0.15, 0.2) is 0 Å². The molecule has 0 saturated heterocycles. The second kappa shape index (κ2) is 5.56. The fourth-order valence-electron chi connectivity index (χ4n) is 1.45. The molecule has 0 bridgehead atoms. The van der Waals surface area contributed by atoms with Crippen molar-refractivity contribution in [1.82, 2.24) is 0 Å². The Labute approximate surface area is 94.3 Å². The maximum absolute atomic E-state index is 9.80. The van der Waals surface area contributed by atoms with Gasteiger partial charge in [-0.3, -0.25) is 0 Å². The molecule has 0 radical (unpaired) electrons. The first-order valence-corrected chi connectivity index (χ1v) is 7.27. The van der Waals surface area contributed by atoms with Crippen molar-refractivity contribution in [1.29, 1.82) is 0 Å². The lowest BCUT2D eigenvalue weighted by atomic mass is 10.1. The summed E-state index contributed by atoms with van der Waals surface area (Å²) < 4.78 is 0. The summed E-state index contributed by atoms with van der Waals surface area (Å²) in [5, 5.41) is 9.80. The molecule has 0 aromatic heterocycles. The van der Waals surface area contributed by atoms with Crippen LogP contribution >= 0.6 is 23.5 Å². The van der Waals surface area contributed by atoms with Crippen molar-refractivity contribution in [3.8, 4) is 5.75 Å². The molecule has 0 fully saturated rings. The molecule has 1 aromatic carbocycles. The van der Waals surface area contributed by atoms with E-state index in [4.69, 9.17) is 0 Å². The van der Waals surface area contributed by atoms with Gasteiger partial charge in [0, 0.05) is 17.1 Å². The van der Waals surface area contributed by atoms with Gasteiger partial charge in [-0.05, 0) is 30.6 Å². The minimum atomic E-state index is 0.462. The van der Waals surface area contributed by atoms with Crippen LogP contribution in [0.5, 0.6) is 5.75 Å². The largest absolute Gasteiger partial charge is 0.507 e. The molecule has 0 heterocycles. The van der Waals surface area contributed by atoms with Crippen LogP contribution in [0.1, 0.15) is 16.7 Å². The third-order valence-corrected chi connectivity index (χ3v) is 3.27. The van der Waals surface area contributed by atoms with Crippen LogP contribution in [0.4, 0.5) is 0 Å². The van der Waals surface area contributed by atoms with Gasteiger partial charge >= 0.3 is 0 Å². The molecule has 0 amide bonds. The van der Waals surface area contributed by atoms with Crippen LogP contribution in [-0.4, -0.2) is 17.6 Å². The highest BCUT2D eigenvalue weighted by Crippen LogP contribution is 2.28. The minimum absolute atomic E-state index is 0.462. The van der Waals surface area contributed by atoms with Gasteiger partial charge in [-0.1, -0.05) is 12.1 Å². The van der Waals surface area contributed by atoms with E-state index in [0.717, 1.165) is 22.6 Å². The average Bonchev–Trinajstić information content (AvgIpc) is 2.14. The van der Waals surface area contributed by atoms with Gasteiger partial charge in [0.05, 0.1) is 0 Å². The fraction of sp³-hybridized carbons (Fsp3) is 0.455. The van der Waals surface area contributed by atoms with Gasteiger partial charge in [-0.2, -0.15) is 23.5 Å². The third kappa shape index (κ3) is 2.85. The molecule has 0 atom stereocenters. The molecule has 14 heavy (non-hydrogen) atoms. The number of rotatable bonds is 4. The number of benzene rings is 1. The summed E-state index contributed by atoms with van der Waals surface area (Å²) in [4.78, 5) is 0. The Morgan fingerprint density at radius 3 is 2.36 bits per heavy atom. The maximum Gasteiger partial charge on any atom is 0.122 e. The summed E-state index contributed by atoms with van der Waals surface area (Å²) in [5.41, 5.74) is 3.35. The first kappa shape index (κ1) is 11.8. The minimum Gasteiger partial charge on any atom is -0.507 e. The van der Waals surface area contributed by atoms with Crippen LogP contribution in [0.25, 0.3) is 0 Å². The number of phenols is 1. The normalized spacial score (nSPS) is 10.5. The summed E-state index contributed by atoms with van der Waals surface area (Å²) in [7, 11) is 0. The van der Waals surface area contributed by atoms with Crippen molar-refractivity contribution in [2.75, 3.05) is 12.5 Å². The number of thioether (sulfide) groups is 2. The van der Waals surface area contributed by atoms with E-state index < -0.39 is 0 Å². The van der Waals surface area contributed by atoms with E-state index in [9.17, 15) is 5.11 Å². The van der Waals surface area contributed by atoms with E-state index in [1.165, 1.54) is 5.56 Å². The Morgan fingerprint density at radius 2 is 1.79 bits per heavy atom. The van der Waals surface area contributed by atoms with Crippen molar-refractivity contribution < 1.29 is 5.11 Å². The predicted octanol–water partition coefficient (Wildman–Crippen LogP) is 3.43. The Kier molecular flexibility index (Phi) is 4.69. The zero-order valence-corrected chi connectivity index (χ0v) is 10.5. The second-order valence-electron chi connectivity index (χ2n) is 3.29. The average molecular weight is 228 g/mol. The summed E-state index contributed by atoms with van der Waals surface area (Å²) in [6, 6.07) is 4.17. The highest BCUT2D eigenvalue weighted by Gasteiger charge is 2.06. The first-order chi connectivity index (χ1) is 6.69. The van der Waals surface area contributed by atoms with Crippen LogP contribution < -0.4 is 0 Å². The van der Waals surface area contributed by atoms with Crippen molar-refractivity contribution in [3.05, 3.63) is 28.8 Å². The van der Waals surface area contributed by atoms with Gasteiger partial charge in [-0.25, -0.2) is 0 Å². The quantitative estimate of drug-likeness (QED) is 0.852. The Bertz CT molecular complexity index is 310.